The van der Waals surface area contributed by atoms with E-state index in [1.165, 1.54) is 0 Å². The van der Waals surface area contributed by atoms with Crippen molar-refractivity contribution >= 4 is 0 Å². The van der Waals surface area contributed by atoms with E-state index in [1.54, 1.807) is 0 Å². The second-order valence-electron chi connectivity index (χ2n) is 3.84. The summed E-state index contributed by atoms with van der Waals surface area (Å²) in [6.45, 7) is 1.74. The van der Waals surface area contributed by atoms with Gasteiger partial charge in [-0.1, -0.05) is 5.16 Å². The molecule has 1 fully saturated rings. The third kappa shape index (κ3) is 3.00. The van der Waals surface area contributed by atoms with E-state index in [9.17, 15) is 0 Å². The highest BCUT2D eigenvalue weighted by Crippen LogP contribution is 2.18. The van der Waals surface area contributed by atoms with Crippen LogP contribution >= 0.6 is 0 Å². The predicted octanol–water partition coefficient (Wildman–Crippen LogP) is 0.573. The molecule has 0 aromatic carbocycles. The van der Waals surface area contributed by atoms with Crippen molar-refractivity contribution < 1.29 is 14.4 Å². The Morgan fingerprint density at radius 2 is 2.13 bits per heavy atom. The minimum Gasteiger partial charge on any atom is -0.396 e. The predicted molar refractivity (Wildman–Crippen MR) is 52.3 cm³/mol. The molecule has 0 amide bonds. The van der Waals surface area contributed by atoms with Crippen molar-refractivity contribution in [2.24, 2.45) is 5.92 Å². The molecule has 0 atom stereocenters. The number of nitrogens with zero attached hydrogens (tertiary/aromatic N) is 2. The Labute approximate surface area is 88.4 Å². The molecule has 2 rings (SSSR count). The van der Waals surface area contributed by atoms with Crippen molar-refractivity contribution in [1.82, 2.24) is 10.1 Å². The average molecular weight is 212 g/mol. The average Bonchev–Trinajstić information content (AvgIpc) is 2.68. The molecule has 84 valence electrons. The van der Waals surface area contributed by atoms with E-state index < -0.39 is 0 Å². The van der Waals surface area contributed by atoms with Gasteiger partial charge in [-0.3, -0.25) is 0 Å². The number of aliphatic hydroxyl groups is 1. The van der Waals surface area contributed by atoms with E-state index in [-0.39, 0.29) is 6.61 Å². The molecule has 1 aliphatic rings. The van der Waals surface area contributed by atoms with Crippen LogP contribution in [0.2, 0.25) is 0 Å². The molecule has 0 unspecified atom stereocenters. The van der Waals surface area contributed by atoms with E-state index in [0.29, 0.717) is 24.1 Å². The zero-order chi connectivity index (χ0) is 10.5. The van der Waals surface area contributed by atoms with E-state index >= 15 is 0 Å². The van der Waals surface area contributed by atoms with Crippen LogP contribution in [0, 0.1) is 5.92 Å². The summed E-state index contributed by atoms with van der Waals surface area (Å²) in [7, 11) is 0. The van der Waals surface area contributed by atoms with Crippen molar-refractivity contribution in [3.63, 3.8) is 0 Å². The molecule has 0 spiro atoms. The number of hydrogen-bond donors (Lipinski definition) is 1. The molecule has 15 heavy (non-hydrogen) atoms. The summed E-state index contributed by atoms with van der Waals surface area (Å²) in [5.74, 6) is 1.88. The van der Waals surface area contributed by atoms with Crippen LogP contribution in [-0.2, 0) is 17.6 Å². The Bertz CT molecular complexity index is 295. The monoisotopic (exact) mass is 212 g/mol. The second-order valence-corrected chi connectivity index (χ2v) is 3.84. The van der Waals surface area contributed by atoms with Crippen LogP contribution in [0.4, 0.5) is 0 Å². The summed E-state index contributed by atoms with van der Waals surface area (Å²) in [6, 6.07) is 0. The van der Waals surface area contributed by atoms with E-state index in [2.05, 4.69) is 10.1 Å². The fourth-order valence-corrected chi connectivity index (χ4v) is 1.77. The highest BCUT2D eigenvalue weighted by atomic mass is 16.5. The Hall–Kier alpha value is -0.940. The molecule has 1 aromatic rings. The summed E-state index contributed by atoms with van der Waals surface area (Å²) in [5, 5.41) is 12.5. The molecule has 0 saturated carbocycles. The lowest BCUT2D eigenvalue weighted by molar-refractivity contribution is 0.0642. The largest absolute Gasteiger partial charge is 0.396 e. The van der Waals surface area contributed by atoms with Gasteiger partial charge in [-0.15, -0.1) is 0 Å². The molecular weight excluding hydrogens is 196 g/mol. The summed E-state index contributed by atoms with van der Waals surface area (Å²) < 4.78 is 10.4. The standard InChI is InChI=1S/C10H16N2O3/c13-4-1-9-11-10(15-12-9)7-8-2-5-14-6-3-8/h8,13H,1-7H2. The molecule has 1 aromatic heterocycles. The van der Waals surface area contributed by atoms with Crippen LogP contribution in [0.5, 0.6) is 0 Å². The minimum atomic E-state index is 0.0657. The maximum absolute atomic E-state index is 8.71. The summed E-state index contributed by atoms with van der Waals surface area (Å²) in [4.78, 5) is 4.22. The van der Waals surface area contributed by atoms with Gasteiger partial charge in [0.15, 0.2) is 5.82 Å². The Balaban J connectivity index is 1.86. The van der Waals surface area contributed by atoms with Crippen LogP contribution in [0.1, 0.15) is 24.6 Å². The lowest BCUT2D eigenvalue weighted by Gasteiger charge is -2.19. The first-order valence-corrected chi connectivity index (χ1v) is 5.38. The third-order valence-corrected chi connectivity index (χ3v) is 2.65. The first-order valence-electron chi connectivity index (χ1n) is 5.38. The smallest absolute Gasteiger partial charge is 0.226 e. The molecular formula is C10H16N2O3. The maximum atomic E-state index is 8.71. The Morgan fingerprint density at radius 1 is 1.33 bits per heavy atom. The quantitative estimate of drug-likeness (QED) is 0.790. The van der Waals surface area contributed by atoms with Crippen molar-refractivity contribution in [2.45, 2.75) is 25.7 Å². The third-order valence-electron chi connectivity index (χ3n) is 2.65. The maximum Gasteiger partial charge on any atom is 0.226 e. The summed E-state index contributed by atoms with van der Waals surface area (Å²) >= 11 is 0. The molecule has 5 nitrogen and oxygen atoms in total. The van der Waals surface area contributed by atoms with Crippen LogP contribution in [0.3, 0.4) is 0 Å². The summed E-state index contributed by atoms with van der Waals surface area (Å²) in [5.41, 5.74) is 0. The molecule has 1 saturated heterocycles. The Morgan fingerprint density at radius 3 is 2.87 bits per heavy atom. The fraction of sp³-hybridized carbons (Fsp3) is 0.800. The van der Waals surface area contributed by atoms with Gasteiger partial charge in [-0.05, 0) is 18.8 Å². The second kappa shape index (κ2) is 5.23. The lowest BCUT2D eigenvalue weighted by Crippen LogP contribution is -2.17. The molecule has 1 N–H and O–H groups in total. The van der Waals surface area contributed by atoms with Crippen LogP contribution in [-0.4, -0.2) is 35.1 Å². The lowest BCUT2D eigenvalue weighted by atomic mass is 9.97. The van der Waals surface area contributed by atoms with Gasteiger partial charge in [0.05, 0.1) is 6.61 Å². The Kier molecular flexibility index (Phi) is 3.69. The summed E-state index contributed by atoms with van der Waals surface area (Å²) in [6.07, 6.45) is 3.44. The zero-order valence-corrected chi connectivity index (χ0v) is 8.69. The topological polar surface area (TPSA) is 68.4 Å². The zero-order valence-electron chi connectivity index (χ0n) is 8.69. The number of ether oxygens (including phenoxy) is 1. The fourth-order valence-electron chi connectivity index (χ4n) is 1.77. The number of hydrogen-bond acceptors (Lipinski definition) is 5. The number of aromatic nitrogens is 2. The van der Waals surface area contributed by atoms with Gasteiger partial charge >= 0.3 is 0 Å². The van der Waals surface area contributed by atoms with Crippen molar-refractivity contribution in [3.05, 3.63) is 11.7 Å². The molecule has 0 radical (unpaired) electrons. The minimum absolute atomic E-state index is 0.0657. The van der Waals surface area contributed by atoms with Gasteiger partial charge in [0.2, 0.25) is 5.89 Å². The SMILES string of the molecule is OCCc1noc(CC2CCOCC2)n1. The van der Waals surface area contributed by atoms with E-state index in [0.717, 1.165) is 32.5 Å². The van der Waals surface area contributed by atoms with Gasteiger partial charge in [-0.2, -0.15) is 4.98 Å². The van der Waals surface area contributed by atoms with Crippen molar-refractivity contribution in [1.29, 1.82) is 0 Å². The van der Waals surface area contributed by atoms with Crippen LogP contribution in [0.25, 0.3) is 0 Å². The van der Waals surface area contributed by atoms with E-state index in [4.69, 9.17) is 14.4 Å². The first-order chi connectivity index (χ1) is 7.38. The normalized spacial score (nSPS) is 18.2. The molecule has 0 bridgehead atoms. The van der Waals surface area contributed by atoms with Gasteiger partial charge < -0.3 is 14.4 Å². The molecule has 5 heteroatoms. The number of aliphatic hydroxyl groups excluding tert-OH is 1. The van der Waals surface area contributed by atoms with Gasteiger partial charge in [-0.25, -0.2) is 0 Å². The van der Waals surface area contributed by atoms with Crippen LogP contribution in [0.15, 0.2) is 4.52 Å². The first kappa shape index (κ1) is 10.6. The molecule has 2 heterocycles. The van der Waals surface area contributed by atoms with Gasteiger partial charge in [0.1, 0.15) is 0 Å². The van der Waals surface area contributed by atoms with Crippen LogP contribution < -0.4 is 0 Å². The van der Waals surface area contributed by atoms with Gasteiger partial charge in [0, 0.05) is 26.1 Å². The van der Waals surface area contributed by atoms with Crippen molar-refractivity contribution in [3.8, 4) is 0 Å². The highest BCUT2D eigenvalue weighted by molar-refractivity contribution is 4.88. The highest BCUT2D eigenvalue weighted by Gasteiger charge is 2.17. The molecule has 1 aliphatic heterocycles. The van der Waals surface area contributed by atoms with E-state index in [1.807, 2.05) is 0 Å². The van der Waals surface area contributed by atoms with Gasteiger partial charge in [0.25, 0.3) is 0 Å². The molecule has 0 aliphatic carbocycles. The number of rotatable bonds is 4. The van der Waals surface area contributed by atoms with Crippen molar-refractivity contribution in [2.75, 3.05) is 19.8 Å².